The van der Waals surface area contributed by atoms with E-state index in [1.807, 2.05) is 18.5 Å². The van der Waals surface area contributed by atoms with E-state index in [4.69, 9.17) is 4.74 Å². The Bertz CT molecular complexity index is 820. The number of hydrogen-bond acceptors (Lipinski definition) is 4. The number of rotatable bonds is 4. The van der Waals surface area contributed by atoms with Gasteiger partial charge in [-0.05, 0) is 51.0 Å². The summed E-state index contributed by atoms with van der Waals surface area (Å²) in [5.41, 5.74) is 5.09. The highest BCUT2D eigenvalue weighted by atomic mass is 19.3. The minimum atomic E-state index is -2.51. The summed E-state index contributed by atoms with van der Waals surface area (Å²) >= 11 is 0. The van der Waals surface area contributed by atoms with Crippen LogP contribution in [0.2, 0.25) is 0 Å². The van der Waals surface area contributed by atoms with Gasteiger partial charge < -0.3 is 15.0 Å². The number of aromatic nitrogens is 2. The van der Waals surface area contributed by atoms with Crippen molar-refractivity contribution in [3.63, 3.8) is 0 Å². The molecule has 1 saturated carbocycles. The van der Waals surface area contributed by atoms with E-state index >= 15 is 0 Å². The molecule has 0 spiro atoms. The summed E-state index contributed by atoms with van der Waals surface area (Å²) in [6, 6.07) is 8.46. The normalized spacial score (nSPS) is 20.4. The van der Waals surface area contributed by atoms with Gasteiger partial charge in [0, 0.05) is 49.0 Å². The van der Waals surface area contributed by atoms with Crippen LogP contribution >= 0.6 is 0 Å². The molecule has 1 aliphatic carbocycles. The molecule has 0 unspecified atom stereocenters. The minimum Gasteiger partial charge on any atom is -0.382 e. The maximum atomic E-state index is 13.5. The van der Waals surface area contributed by atoms with Gasteiger partial charge in [0.05, 0.1) is 24.6 Å². The maximum Gasteiger partial charge on any atom is 0.248 e. The number of nitrogens with one attached hydrogen (secondary N) is 1. The van der Waals surface area contributed by atoms with Crippen LogP contribution in [0.3, 0.4) is 0 Å². The molecule has 5 nitrogen and oxygen atoms in total. The van der Waals surface area contributed by atoms with Gasteiger partial charge in [-0.15, -0.1) is 0 Å². The molecule has 2 aliphatic rings. The van der Waals surface area contributed by atoms with Crippen LogP contribution in [0.5, 0.6) is 0 Å². The summed E-state index contributed by atoms with van der Waals surface area (Å²) < 4.78 is 34.4. The minimum absolute atomic E-state index is 0.0435. The molecule has 2 heterocycles. The summed E-state index contributed by atoms with van der Waals surface area (Å²) in [4.78, 5) is 2.30. The van der Waals surface area contributed by atoms with Crippen LogP contribution in [0.15, 0.2) is 24.3 Å². The van der Waals surface area contributed by atoms with E-state index in [9.17, 15) is 8.78 Å². The fourth-order valence-corrected chi connectivity index (χ4v) is 4.12. The van der Waals surface area contributed by atoms with Crippen molar-refractivity contribution < 1.29 is 13.5 Å². The number of hydrogen-bond donors (Lipinski definition) is 1. The Balaban J connectivity index is 1.63. The van der Waals surface area contributed by atoms with E-state index in [2.05, 4.69) is 39.6 Å². The van der Waals surface area contributed by atoms with Crippen molar-refractivity contribution in [2.24, 2.45) is 0 Å². The van der Waals surface area contributed by atoms with Crippen LogP contribution in [0.1, 0.15) is 37.1 Å². The second kappa shape index (κ2) is 7.70. The third kappa shape index (κ3) is 4.29. The van der Waals surface area contributed by atoms with Crippen LogP contribution < -0.4 is 10.2 Å². The van der Waals surface area contributed by atoms with E-state index in [0.717, 1.165) is 41.5 Å². The molecule has 1 aromatic carbocycles. The van der Waals surface area contributed by atoms with E-state index in [0.29, 0.717) is 26.1 Å². The number of nitrogens with zero attached hydrogens (tertiary/aromatic N) is 3. The Labute approximate surface area is 164 Å². The summed E-state index contributed by atoms with van der Waals surface area (Å²) in [5, 5.41) is 8.12. The van der Waals surface area contributed by atoms with E-state index in [1.54, 1.807) is 0 Å². The van der Waals surface area contributed by atoms with Gasteiger partial charge in [0.25, 0.3) is 0 Å². The molecule has 0 radical (unpaired) electrons. The van der Waals surface area contributed by atoms with Crippen molar-refractivity contribution in [3.05, 3.63) is 35.7 Å². The molecule has 2 fully saturated rings. The first kappa shape index (κ1) is 19.2. The lowest BCUT2D eigenvalue weighted by Gasteiger charge is -2.32. The van der Waals surface area contributed by atoms with Gasteiger partial charge in [-0.3, -0.25) is 0 Å². The fraction of sp³-hybridized carbons (Fsp3) is 0.571. The zero-order chi connectivity index (χ0) is 19.7. The topological polar surface area (TPSA) is 42.3 Å². The first-order chi connectivity index (χ1) is 13.4. The quantitative estimate of drug-likeness (QED) is 0.845. The van der Waals surface area contributed by atoms with Gasteiger partial charge in [0.15, 0.2) is 0 Å². The van der Waals surface area contributed by atoms with Gasteiger partial charge in [-0.1, -0.05) is 0 Å². The maximum absolute atomic E-state index is 13.5. The molecule has 7 heteroatoms. The molecule has 28 heavy (non-hydrogen) atoms. The predicted octanol–water partition coefficient (Wildman–Crippen LogP) is 4.32. The van der Waals surface area contributed by atoms with Crippen molar-refractivity contribution in [1.29, 1.82) is 0 Å². The molecule has 1 aliphatic heterocycles. The average molecular weight is 390 g/mol. The van der Waals surface area contributed by atoms with Crippen molar-refractivity contribution in [2.75, 3.05) is 36.5 Å². The van der Waals surface area contributed by atoms with Crippen molar-refractivity contribution >= 4 is 11.4 Å². The highest BCUT2D eigenvalue weighted by Crippen LogP contribution is 2.35. The Kier molecular flexibility index (Phi) is 5.27. The molecule has 2 aromatic rings. The molecule has 1 aromatic heterocycles. The summed E-state index contributed by atoms with van der Waals surface area (Å²) in [6.45, 7) is 7.13. The van der Waals surface area contributed by atoms with Crippen LogP contribution in [-0.4, -0.2) is 48.0 Å². The molecule has 0 atom stereocenters. The van der Waals surface area contributed by atoms with E-state index in [-0.39, 0.29) is 18.9 Å². The van der Waals surface area contributed by atoms with Gasteiger partial charge in [0.1, 0.15) is 0 Å². The zero-order valence-electron chi connectivity index (χ0n) is 16.5. The number of anilines is 2. The molecule has 1 saturated heterocycles. The number of halogens is 2. The lowest BCUT2D eigenvalue weighted by Crippen LogP contribution is -2.36. The third-order valence-electron chi connectivity index (χ3n) is 5.62. The number of benzene rings is 1. The number of morpholine rings is 1. The van der Waals surface area contributed by atoms with Crippen LogP contribution in [0.4, 0.5) is 20.2 Å². The molecular formula is C21H28F2N4O. The lowest BCUT2D eigenvalue weighted by atomic mass is 9.92. The summed E-state index contributed by atoms with van der Waals surface area (Å²) in [5.74, 6) is -2.51. The molecule has 0 bridgehead atoms. The van der Waals surface area contributed by atoms with Gasteiger partial charge in [0.2, 0.25) is 5.92 Å². The second-order valence-electron chi connectivity index (χ2n) is 7.95. The van der Waals surface area contributed by atoms with E-state index < -0.39 is 5.92 Å². The van der Waals surface area contributed by atoms with Crippen LogP contribution in [-0.2, 0) is 4.74 Å². The van der Waals surface area contributed by atoms with E-state index in [1.165, 1.54) is 0 Å². The SMILES string of the molecule is Cc1cc(C)n(-c2cc(NC3CCC(F)(F)CC3)cc(N3CCOCC3)c2)n1. The molecule has 152 valence electrons. The molecule has 4 rings (SSSR count). The standard InChI is InChI=1S/C21H28F2N4O/c1-15-11-16(2)27(25-15)20-13-18(24-17-3-5-21(22,23)6-4-17)12-19(14-20)26-7-9-28-10-8-26/h11-14,17,24H,3-10H2,1-2H3. The zero-order valence-corrected chi connectivity index (χ0v) is 16.5. The Morgan fingerprint density at radius 1 is 1.04 bits per heavy atom. The summed E-state index contributed by atoms with van der Waals surface area (Å²) in [6.07, 6.45) is 0.893. The Hall–Kier alpha value is -2.15. The predicted molar refractivity (Wildman–Crippen MR) is 107 cm³/mol. The Morgan fingerprint density at radius 2 is 1.71 bits per heavy atom. The highest BCUT2D eigenvalue weighted by Gasteiger charge is 2.34. The highest BCUT2D eigenvalue weighted by molar-refractivity contribution is 5.65. The first-order valence-electron chi connectivity index (χ1n) is 10.1. The average Bonchev–Trinajstić information content (AvgIpc) is 3.02. The van der Waals surface area contributed by atoms with Gasteiger partial charge in [-0.25, -0.2) is 13.5 Å². The smallest absolute Gasteiger partial charge is 0.248 e. The number of aryl methyl sites for hydroxylation is 2. The molecular weight excluding hydrogens is 362 g/mol. The first-order valence-corrected chi connectivity index (χ1v) is 10.1. The Morgan fingerprint density at radius 3 is 2.36 bits per heavy atom. The molecule has 1 N–H and O–H groups in total. The number of alkyl halides is 2. The van der Waals surface area contributed by atoms with Crippen LogP contribution in [0.25, 0.3) is 5.69 Å². The molecule has 0 amide bonds. The monoisotopic (exact) mass is 390 g/mol. The fourth-order valence-electron chi connectivity index (χ4n) is 4.12. The second-order valence-corrected chi connectivity index (χ2v) is 7.95. The van der Waals surface area contributed by atoms with Crippen molar-refractivity contribution in [1.82, 2.24) is 9.78 Å². The summed E-state index contributed by atoms with van der Waals surface area (Å²) in [7, 11) is 0. The lowest BCUT2D eigenvalue weighted by molar-refractivity contribution is -0.0360. The van der Waals surface area contributed by atoms with Gasteiger partial charge in [-0.2, -0.15) is 5.10 Å². The van der Waals surface area contributed by atoms with Crippen LogP contribution in [0, 0.1) is 13.8 Å². The van der Waals surface area contributed by atoms with Crippen molar-refractivity contribution in [3.8, 4) is 5.69 Å². The third-order valence-corrected chi connectivity index (χ3v) is 5.62. The van der Waals surface area contributed by atoms with Gasteiger partial charge >= 0.3 is 0 Å². The largest absolute Gasteiger partial charge is 0.382 e. The van der Waals surface area contributed by atoms with Crippen molar-refractivity contribution in [2.45, 2.75) is 51.5 Å². The number of ether oxygens (including phenoxy) is 1.